The Morgan fingerprint density at radius 3 is 2.86 bits per heavy atom. The van der Waals surface area contributed by atoms with Gasteiger partial charge in [0.05, 0.1) is 11.9 Å². The fraction of sp³-hybridized carbons (Fsp3) is 0.160. The number of benzene rings is 1. The molecule has 0 saturated carbocycles. The van der Waals surface area contributed by atoms with Crippen molar-refractivity contribution in [3.63, 3.8) is 0 Å². The van der Waals surface area contributed by atoms with Crippen LogP contribution in [0.3, 0.4) is 0 Å². The first-order chi connectivity index (χ1) is 17.4. The summed E-state index contributed by atoms with van der Waals surface area (Å²) in [5.41, 5.74) is 1.71. The highest BCUT2D eigenvalue weighted by Gasteiger charge is 2.45. The molecule has 5 aromatic rings. The van der Waals surface area contributed by atoms with Gasteiger partial charge in [0.1, 0.15) is 28.0 Å². The zero-order valence-electron chi connectivity index (χ0n) is 19.1. The molecule has 1 saturated heterocycles. The lowest BCUT2D eigenvalue weighted by atomic mass is 9.91. The second kappa shape index (κ2) is 8.47. The number of likely N-dealkylation sites (tertiary alicyclic amines) is 1. The molecule has 1 fully saturated rings. The van der Waals surface area contributed by atoms with E-state index in [-0.39, 0.29) is 11.7 Å². The number of rotatable bonds is 5. The first-order valence-electron chi connectivity index (χ1n) is 11.2. The van der Waals surface area contributed by atoms with Gasteiger partial charge in [0, 0.05) is 43.4 Å². The van der Waals surface area contributed by atoms with Gasteiger partial charge in [-0.15, -0.1) is 11.3 Å². The minimum Gasteiger partial charge on any atom is -0.375 e. The van der Waals surface area contributed by atoms with E-state index in [1.165, 1.54) is 28.5 Å². The van der Waals surface area contributed by atoms with Crippen molar-refractivity contribution in [1.82, 2.24) is 29.2 Å². The number of imidazole rings is 1. The lowest BCUT2D eigenvalue weighted by Crippen LogP contribution is -2.36. The summed E-state index contributed by atoms with van der Waals surface area (Å²) >= 11 is 1.44. The van der Waals surface area contributed by atoms with E-state index < -0.39 is 5.60 Å². The first-order valence-corrected chi connectivity index (χ1v) is 12.1. The van der Waals surface area contributed by atoms with Gasteiger partial charge >= 0.3 is 0 Å². The molecule has 4 aromatic heterocycles. The highest BCUT2D eigenvalue weighted by atomic mass is 32.1. The van der Waals surface area contributed by atoms with E-state index >= 15 is 0 Å². The third-order valence-corrected chi connectivity index (χ3v) is 7.12. The van der Waals surface area contributed by atoms with Crippen molar-refractivity contribution >= 4 is 34.7 Å². The lowest BCUT2D eigenvalue weighted by Gasteiger charge is -2.21. The molecule has 2 N–H and O–H groups in total. The molecule has 1 aromatic carbocycles. The van der Waals surface area contributed by atoms with Crippen LogP contribution in [0.2, 0.25) is 0 Å². The Kier molecular flexibility index (Phi) is 5.23. The Bertz CT molecular complexity index is 1620. The SMILES string of the molecule is CN1CCC(O)(c2cccc(-c3nc(-c4ccnc(Nc5cnc6ccc(F)cn56)n4)cs3)c2)C1=O. The minimum absolute atomic E-state index is 0.297. The Morgan fingerprint density at radius 2 is 2.03 bits per heavy atom. The van der Waals surface area contributed by atoms with E-state index in [1.807, 2.05) is 23.6 Å². The topological polar surface area (TPSA) is 109 Å². The fourth-order valence-corrected chi connectivity index (χ4v) is 5.09. The van der Waals surface area contributed by atoms with Gasteiger partial charge in [-0.2, -0.15) is 0 Å². The third kappa shape index (κ3) is 3.78. The Labute approximate surface area is 208 Å². The van der Waals surface area contributed by atoms with Crippen molar-refractivity contribution in [2.75, 3.05) is 18.9 Å². The molecule has 1 unspecified atom stereocenters. The van der Waals surface area contributed by atoms with Crippen LogP contribution in [0.1, 0.15) is 12.0 Å². The Morgan fingerprint density at radius 1 is 1.14 bits per heavy atom. The zero-order chi connectivity index (χ0) is 24.9. The van der Waals surface area contributed by atoms with Crippen molar-refractivity contribution in [2.24, 2.45) is 0 Å². The Balaban J connectivity index is 1.27. The van der Waals surface area contributed by atoms with Crippen LogP contribution in [-0.2, 0) is 10.4 Å². The van der Waals surface area contributed by atoms with Crippen LogP contribution < -0.4 is 5.32 Å². The number of nitrogens with zero attached hydrogens (tertiary/aromatic N) is 6. The second-order valence-corrected chi connectivity index (χ2v) is 9.42. The van der Waals surface area contributed by atoms with Gasteiger partial charge in [-0.3, -0.25) is 9.20 Å². The number of nitrogens with one attached hydrogen (secondary N) is 1. The molecule has 0 aliphatic carbocycles. The quantitative estimate of drug-likeness (QED) is 0.377. The molecule has 0 radical (unpaired) electrons. The molecule has 5 heterocycles. The Hall–Kier alpha value is -4.22. The smallest absolute Gasteiger partial charge is 0.258 e. The zero-order valence-corrected chi connectivity index (χ0v) is 19.9. The summed E-state index contributed by atoms with van der Waals surface area (Å²) in [4.78, 5) is 31.9. The molecule has 0 spiro atoms. The monoisotopic (exact) mass is 501 g/mol. The standard InChI is InChI=1S/C25H20FN7O2S/c1-32-10-8-25(35,23(32)34)16-4-2-3-15(11-16)22-29-19(14-36-22)18-7-9-27-24(30-18)31-21-12-28-20-6-5-17(26)13-33(20)21/h2-7,9,11-14,35H,8,10H2,1H3,(H,27,30,31). The number of likely N-dealkylation sites (N-methyl/N-ethyl adjacent to an activating group) is 1. The summed E-state index contributed by atoms with van der Waals surface area (Å²) in [6.07, 6.45) is 4.89. The normalized spacial score (nSPS) is 17.8. The number of carbonyl (C=O) groups is 1. The van der Waals surface area contributed by atoms with Gasteiger partial charge in [-0.05, 0) is 29.8 Å². The molecule has 9 nitrogen and oxygen atoms in total. The molecule has 1 aliphatic heterocycles. The molecular formula is C25H20FN7O2S. The average molecular weight is 502 g/mol. The van der Waals surface area contributed by atoms with Crippen LogP contribution in [0.5, 0.6) is 0 Å². The van der Waals surface area contributed by atoms with E-state index in [0.717, 1.165) is 10.6 Å². The number of amides is 1. The molecule has 11 heteroatoms. The van der Waals surface area contributed by atoms with Crippen LogP contribution in [0, 0.1) is 5.82 Å². The minimum atomic E-state index is -1.52. The van der Waals surface area contributed by atoms with Crippen molar-refractivity contribution < 1.29 is 14.3 Å². The molecule has 1 amide bonds. The summed E-state index contributed by atoms with van der Waals surface area (Å²) in [5, 5.41) is 16.7. The van der Waals surface area contributed by atoms with Crippen LogP contribution >= 0.6 is 11.3 Å². The lowest BCUT2D eigenvalue weighted by molar-refractivity contribution is -0.143. The third-order valence-electron chi connectivity index (χ3n) is 6.23. The summed E-state index contributed by atoms with van der Waals surface area (Å²) in [7, 11) is 1.69. The number of pyridine rings is 1. The van der Waals surface area contributed by atoms with Gasteiger partial charge in [0.15, 0.2) is 5.60 Å². The van der Waals surface area contributed by atoms with E-state index in [2.05, 4.69) is 20.3 Å². The molecule has 6 rings (SSSR count). The van der Waals surface area contributed by atoms with E-state index in [0.29, 0.717) is 47.3 Å². The van der Waals surface area contributed by atoms with Gasteiger partial charge in [0.2, 0.25) is 5.95 Å². The maximum absolute atomic E-state index is 13.7. The summed E-state index contributed by atoms with van der Waals surface area (Å²) in [6, 6.07) is 12.0. The number of thiazole rings is 1. The van der Waals surface area contributed by atoms with E-state index in [9.17, 15) is 14.3 Å². The number of aromatic nitrogens is 5. The number of hydrogen-bond acceptors (Lipinski definition) is 8. The van der Waals surface area contributed by atoms with Crippen molar-refractivity contribution in [1.29, 1.82) is 0 Å². The predicted octanol–water partition coefficient (Wildman–Crippen LogP) is 3.85. The predicted molar refractivity (Wildman–Crippen MR) is 133 cm³/mol. The van der Waals surface area contributed by atoms with Crippen LogP contribution in [0.4, 0.5) is 16.2 Å². The second-order valence-electron chi connectivity index (χ2n) is 8.57. The van der Waals surface area contributed by atoms with Gasteiger partial charge in [-0.1, -0.05) is 18.2 Å². The van der Waals surface area contributed by atoms with E-state index in [1.54, 1.807) is 42.0 Å². The highest BCUT2D eigenvalue weighted by molar-refractivity contribution is 7.13. The van der Waals surface area contributed by atoms with Crippen molar-refractivity contribution in [2.45, 2.75) is 12.0 Å². The summed E-state index contributed by atoms with van der Waals surface area (Å²) in [6.45, 7) is 0.509. The van der Waals surface area contributed by atoms with Crippen LogP contribution in [0.15, 0.2) is 66.4 Å². The number of halogens is 1. The maximum atomic E-state index is 13.7. The number of hydrogen-bond donors (Lipinski definition) is 2. The van der Waals surface area contributed by atoms with Gasteiger partial charge in [-0.25, -0.2) is 24.3 Å². The molecule has 0 bridgehead atoms. The first kappa shape index (κ1) is 22.3. The van der Waals surface area contributed by atoms with Crippen molar-refractivity contribution in [3.8, 4) is 22.0 Å². The van der Waals surface area contributed by atoms with E-state index in [4.69, 9.17) is 4.98 Å². The maximum Gasteiger partial charge on any atom is 0.258 e. The molecule has 180 valence electrons. The number of carbonyl (C=O) groups excluding carboxylic acids is 1. The average Bonchev–Trinajstić information content (AvgIpc) is 3.60. The fourth-order valence-electron chi connectivity index (χ4n) is 4.28. The number of fused-ring (bicyclic) bond motifs is 1. The molecular weight excluding hydrogens is 481 g/mol. The molecule has 1 aliphatic rings. The largest absolute Gasteiger partial charge is 0.375 e. The van der Waals surface area contributed by atoms with Gasteiger partial charge in [0.25, 0.3) is 5.91 Å². The van der Waals surface area contributed by atoms with Crippen molar-refractivity contribution in [3.05, 3.63) is 77.8 Å². The van der Waals surface area contributed by atoms with Crippen LogP contribution in [-0.4, -0.2) is 53.8 Å². The molecule has 1 atom stereocenters. The number of aliphatic hydroxyl groups is 1. The highest BCUT2D eigenvalue weighted by Crippen LogP contribution is 2.36. The summed E-state index contributed by atoms with van der Waals surface area (Å²) < 4.78 is 15.3. The van der Waals surface area contributed by atoms with Crippen LogP contribution in [0.25, 0.3) is 27.6 Å². The number of anilines is 2. The van der Waals surface area contributed by atoms with Gasteiger partial charge < -0.3 is 15.3 Å². The molecule has 36 heavy (non-hydrogen) atoms. The summed E-state index contributed by atoms with van der Waals surface area (Å²) in [5.74, 6) is 0.173.